The number of aromatic hydroxyl groups is 1. The highest BCUT2D eigenvalue weighted by Crippen LogP contribution is 2.25. The number of phenolic OH excluding ortho intramolecular Hbond substituents is 1. The number of nitrogens with one attached hydrogen (secondary N) is 1. The highest BCUT2D eigenvalue weighted by atomic mass is 16.5. The van der Waals surface area contributed by atoms with Crippen molar-refractivity contribution in [3.63, 3.8) is 0 Å². The molecule has 2 aromatic rings. The normalized spacial score (nSPS) is 12.2. The Morgan fingerprint density at radius 3 is 2.85 bits per heavy atom. The van der Waals surface area contributed by atoms with Crippen LogP contribution in [-0.4, -0.2) is 17.2 Å². The Morgan fingerprint density at radius 2 is 2.10 bits per heavy atom. The minimum Gasteiger partial charge on any atom is -0.508 e. The van der Waals surface area contributed by atoms with Crippen molar-refractivity contribution < 1.29 is 9.84 Å². The van der Waals surface area contributed by atoms with E-state index >= 15 is 0 Å². The average molecular weight is 272 g/mol. The van der Waals surface area contributed by atoms with Crippen molar-refractivity contribution in [1.29, 1.82) is 0 Å². The van der Waals surface area contributed by atoms with E-state index in [9.17, 15) is 5.11 Å². The zero-order chi connectivity index (χ0) is 14.5. The fourth-order valence-electron chi connectivity index (χ4n) is 2.07. The number of phenols is 1. The molecular weight excluding hydrogens is 252 g/mol. The van der Waals surface area contributed by atoms with Gasteiger partial charge in [0.05, 0.1) is 7.11 Å². The molecule has 0 saturated carbocycles. The maximum atomic E-state index is 9.91. The Kier molecular flexibility index (Phi) is 4.58. The fourth-order valence-corrected chi connectivity index (χ4v) is 2.07. The minimum absolute atomic E-state index is 0.0639. The first kappa shape index (κ1) is 14.3. The quantitative estimate of drug-likeness (QED) is 0.878. The Hall–Kier alpha value is -2.07. The first-order valence-electron chi connectivity index (χ1n) is 6.62. The number of hydrogen-bond donors (Lipinski definition) is 2. The molecule has 0 fully saturated rings. The molecule has 0 aliphatic rings. The smallest absolute Gasteiger partial charge is 0.213 e. The summed E-state index contributed by atoms with van der Waals surface area (Å²) in [5.74, 6) is 0.929. The van der Waals surface area contributed by atoms with Crippen molar-refractivity contribution in [2.75, 3.05) is 7.11 Å². The molecule has 0 saturated heterocycles. The van der Waals surface area contributed by atoms with Gasteiger partial charge in [-0.1, -0.05) is 17.7 Å². The standard InChI is InChI=1S/C16H20N2O2/c1-11-4-5-15(19)14(8-11)12(2)18-10-13-6-7-17-16(9-13)20-3/h4-9,12,18-19H,10H2,1-3H3. The van der Waals surface area contributed by atoms with Gasteiger partial charge in [0.2, 0.25) is 5.88 Å². The Labute approximate surface area is 119 Å². The monoisotopic (exact) mass is 272 g/mol. The molecule has 106 valence electrons. The lowest BCUT2D eigenvalue weighted by Gasteiger charge is -2.16. The highest BCUT2D eigenvalue weighted by molar-refractivity contribution is 5.37. The predicted octanol–water partition coefficient (Wildman–Crippen LogP) is 2.96. The number of rotatable bonds is 5. The Morgan fingerprint density at radius 1 is 1.30 bits per heavy atom. The molecule has 0 spiro atoms. The van der Waals surface area contributed by atoms with E-state index in [-0.39, 0.29) is 6.04 Å². The summed E-state index contributed by atoms with van der Waals surface area (Å²) in [6.07, 6.45) is 1.73. The van der Waals surface area contributed by atoms with Crippen molar-refractivity contribution in [3.8, 4) is 11.6 Å². The molecule has 4 nitrogen and oxygen atoms in total. The van der Waals surface area contributed by atoms with Crippen LogP contribution in [0.25, 0.3) is 0 Å². The molecule has 0 radical (unpaired) electrons. The van der Waals surface area contributed by atoms with Crippen LogP contribution in [0.2, 0.25) is 0 Å². The van der Waals surface area contributed by atoms with Crippen LogP contribution in [0.15, 0.2) is 36.5 Å². The zero-order valence-electron chi connectivity index (χ0n) is 12.1. The van der Waals surface area contributed by atoms with Crippen LogP contribution in [0.4, 0.5) is 0 Å². The van der Waals surface area contributed by atoms with Gasteiger partial charge in [0.15, 0.2) is 0 Å². The summed E-state index contributed by atoms with van der Waals surface area (Å²) in [7, 11) is 1.60. The molecule has 0 bridgehead atoms. The lowest BCUT2D eigenvalue weighted by atomic mass is 10.0. The first-order chi connectivity index (χ1) is 9.60. The topological polar surface area (TPSA) is 54.4 Å². The van der Waals surface area contributed by atoms with E-state index in [4.69, 9.17) is 4.74 Å². The van der Waals surface area contributed by atoms with Gasteiger partial charge in [-0.3, -0.25) is 0 Å². The van der Waals surface area contributed by atoms with Crippen molar-refractivity contribution in [1.82, 2.24) is 10.3 Å². The largest absolute Gasteiger partial charge is 0.508 e. The molecule has 0 amide bonds. The van der Waals surface area contributed by atoms with Gasteiger partial charge in [-0.05, 0) is 31.5 Å². The second-order valence-electron chi connectivity index (χ2n) is 4.87. The third-order valence-electron chi connectivity index (χ3n) is 3.27. The molecule has 0 aliphatic carbocycles. The summed E-state index contributed by atoms with van der Waals surface area (Å²) in [5, 5.41) is 13.3. The predicted molar refractivity (Wildman–Crippen MR) is 78.9 cm³/mol. The summed E-state index contributed by atoms with van der Waals surface area (Å²) in [4.78, 5) is 4.08. The summed E-state index contributed by atoms with van der Waals surface area (Å²) >= 11 is 0. The number of aryl methyl sites for hydroxylation is 1. The Bertz CT molecular complexity index is 584. The SMILES string of the molecule is COc1cc(CNC(C)c2cc(C)ccc2O)ccn1. The van der Waals surface area contributed by atoms with Crippen LogP contribution < -0.4 is 10.1 Å². The van der Waals surface area contributed by atoms with Gasteiger partial charge >= 0.3 is 0 Å². The second kappa shape index (κ2) is 6.39. The lowest BCUT2D eigenvalue weighted by molar-refractivity contribution is 0.396. The second-order valence-corrected chi connectivity index (χ2v) is 4.87. The maximum absolute atomic E-state index is 9.91. The van der Waals surface area contributed by atoms with E-state index in [2.05, 4.69) is 10.3 Å². The van der Waals surface area contributed by atoms with E-state index in [1.807, 2.05) is 38.1 Å². The number of benzene rings is 1. The molecule has 20 heavy (non-hydrogen) atoms. The molecule has 2 N–H and O–H groups in total. The Balaban J connectivity index is 2.04. The first-order valence-corrected chi connectivity index (χ1v) is 6.62. The summed E-state index contributed by atoms with van der Waals surface area (Å²) in [6.45, 7) is 4.74. The van der Waals surface area contributed by atoms with Gasteiger partial charge in [-0.2, -0.15) is 0 Å². The van der Waals surface area contributed by atoms with Gasteiger partial charge in [0.25, 0.3) is 0 Å². The van der Waals surface area contributed by atoms with Crippen molar-refractivity contribution in [3.05, 3.63) is 53.2 Å². The van der Waals surface area contributed by atoms with E-state index in [0.717, 1.165) is 16.7 Å². The minimum atomic E-state index is 0.0639. The van der Waals surface area contributed by atoms with E-state index in [0.29, 0.717) is 18.2 Å². The van der Waals surface area contributed by atoms with Crippen LogP contribution in [0, 0.1) is 6.92 Å². The van der Waals surface area contributed by atoms with E-state index in [1.165, 1.54) is 0 Å². The van der Waals surface area contributed by atoms with Crippen LogP contribution in [-0.2, 0) is 6.54 Å². The molecule has 0 aliphatic heterocycles. The number of pyridine rings is 1. The highest BCUT2D eigenvalue weighted by Gasteiger charge is 2.10. The summed E-state index contributed by atoms with van der Waals surface area (Å²) < 4.78 is 5.10. The molecule has 2 rings (SSSR count). The average Bonchev–Trinajstić information content (AvgIpc) is 2.47. The van der Waals surface area contributed by atoms with Crippen molar-refractivity contribution >= 4 is 0 Å². The van der Waals surface area contributed by atoms with Gasteiger partial charge in [0.1, 0.15) is 5.75 Å². The van der Waals surface area contributed by atoms with Crippen LogP contribution in [0.3, 0.4) is 0 Å². The molecule has 1 aromatic heterocycles. The number of nitrogens with zero attached hydrogens (tertiary/aromatic N) is 1. The van der Waals surface area contributed by atoms with Gasteiger partial charge in [0, 0.05) is 30.4 Å². The van der Waals surface area contributed by atoms with E-state index in [1.54, 1.807) is 19.4 Å². The van der Waals surface area contributed by atoms with Crippen molar-refractivity contribution in [2.24, 2.45) is 0 Å². The maximum Gasteiger partial charge on any atom is 0.213 e. The molecule has 4 heteroatoms. The molecule has 1 aromatic carbocycles. The molecule has 1 heterocycles. The van der Waals surface area contributed by atoms with Gasteiger partial charge < -0.3 is 15.2 Å². The molecule has 1 atom stereocenters. The summed E-state index contributed by atoms with van der Waals surface area (Å²) in [5.41, 5.74) is 3.14. The number of methoxy groups -OCH3 is 1. The van der Waals surface area contributed by atoms with Crippen LogP contribution >= 0.6 is 0 Å². The molecule has 1 unspecified atom stereocenters. The van der Waals surface area contributed by atoms with Crippen molar-refractivity contribution in [2.45, 2.75) is 26.4 Å². The number of aromatic nitrogens is 1. The zero-order valence-corrected chi connectivity index (χ0v) is 12.1. The summed E-state index contributed by atoms with van der Waals surface area (Å²) in [6, 6.07) is 9.54. The van der Waals surface area contributed by atoms with Crippen LogP contribution in [0.5, 0.6) is 11.6 Å². The number of hydrogen-bond acceptors (Lipinski definition) is 4. The van der Waals surface area contributed by atoms with E-state index < -0.39 is 0 Å². The lowest BCUT2D eigenvalue weighted by Crippen LogP contribution is -2.18. The van der Waals surface area contributed by atoms with Crippen LogP contribution in [0.1, 0.15) is 29.7 Å². The van der Waals surface area contributed by atoms with Gasteiger partial charge in [-0.25, -0.2) is 4.98 Å². The van der Waals surface area contributed by atoms with Gasteiger partial charge in [-0.15, -0.1) is 0 Å². The molecular formula is C16H20N2O2. The number of ether oxygens (including phenoxy) is 1. The third kappa shape index (κ3) is 3.48. The third-order valence-corrected chi connectivity index (χ3v) is 3.27. The fraction of sp³-hybridized carbons (Fsp3) is 0.312.